The molecule has 74 valence electrons. The first kappa shape index (κ1) is 12.0. The van der Waals surface area contributed by atoms with Crippen LogP contribution in [0.5, 0.6) is 0 Å². The second-order valence-corrected chi connectivity index (χ2v) is 4.28. The lowest BCUT2D eigenvalue weighted by Crippen LogP contribution is -2.16. The summed E-state index contributed by atoms with van der Waals surface area (Å²) in [6.07, 6.45) is 4.53. The summed E-state index contributed by atoms with van der Waals surface area (Å²) in [5.41, 5.74) is 0. The maximum absolute atomic E-state index is 9.49. The maximum Gasteiger partial charge on any atom is 0.0563 e. The summed E-state index contributed by atoms with van der Waals surface area (Å²) < 4.78 is 0. The second kappa shape index (κ2) is 6.47. The third kappa shape index (κ3) is 5.59. The molecule has 0 saturated carbocycles. The Bertz CT molecular complexity index is 99.2. The van der Waals surface area contributed by atoms with Crippen molar-refractivity contribution in [1.29, 1.82) is 0 Å². The van der Waals surface area contributed by atoms with E-state index in [9.17, 15) is 5.11 Å². The molecule has 0 amide bonds. The van der Waals surface area contributed by atoms with Crippen molar-refractivity contribution in [3.8, 4) is 0 Å². The van der Waals surface area contributed by atoms with E-state index in [1.165, 1.54) is 19.3 Å². The summed E-state index contributed by atoms with van der Waals surface area (Å²) in [6.45, 7) is 8.69. The lowest BCUT2D eigenvalue weighted by Gasteiger charge is -2.17. The zero-order valence-electron chi connectivity index (χ0n) is 9.01. The van der Waals surface area contributed by atoms with Gasteiger partial charge in [0.05, 0.1) is 6.10 Å². The highest BCUT2D eigenvalue weighted by Crippen LogP contribution is 2.16. The molecule has 1 heteroatoms. The first-order valence-electron chi connectivity index (χ1n) is 5.26. The Balaban J connectivity index is 3.37. The number of aliphatic hydroxyl groups excluding tert-OH is 1. The molecule has 2 unspecified atom stereocenters. The fourth-order valence-electron chi connectivity index (χ4n) is 1.44. The van der Waals surface area contributed by atoms with Crippen LogP contribution in [0, 0.1) is 11.8 Å². The van der Waals surface area contributed by atoms with Crippen LogP contribution in [-0.2, 0) is 0 Å². The van der Waals surface area contributed by atoms with Crippen molar-refractivity contribution in [3.63, 3.8) is 0 Å². The van der Waals surface area contributed by atoms with Gasteiger partial charge in [0.25, 0.3) is 0 Å². The average Bonchev–Trinajstić information content (AvgIpc) is 2.02. The van der Waals surface area contributed by atoms with Crippen molar-refractivity contribution in [2.75, 3.05) is 0 Å². The van der Waals surface area contributed by atoms with Crippen LogP contribution in [0.4, 0.5) is 0 Å². The quantitative estimate of drug-likeness (QED) is 0.652. The third-order valence-electron chi connectivity index (χ3n) is 2.52. The minimum absolute atomic E-state index is 0.0860. The van der Waals surface area contributed by atoms with E-state index in [-0.39, 0.29) is 6.10 Å². The first-order chi connectivity index (χ1) is 5.57. The molecule has 12 heavy (non-hydrogen) atoms. The van der Waals surface area contributed by atoms with Crippen molar-refractivity contribution in [1.82, 2.24) is 0 Å². The minimum Gasteiger partial charge on any atom is -0.393 e. The van der Waals surface area contributed by atoms with Crippen LogP contribution in [0.25, 0.3) is 0 Å². The van der Waals surface area contributed by atoms with Crippen LogP contribution in [0.3, 0.4) is 0 Å². The number of hydrogen-bond donors (Lipinski definition) is 1. The Morgan fingerprint density at radius 3 is 2.08 bits per heavy atom. The molecule has 0 rings (SSSR count). The van der Waals surface area contributed by atoms with E-state index in [2.05, 4.69) is 20.8 Å². The van der Waals surface area contributed by atoms with Gasteiger partial charge in [0.1, 0.15) is 0 Å². The molecule has 1 nitrogen and oxygen atoms in total. The Hall–Kier alpha value is -0.0400. The summed E-state index contributed by atoms with van der Waals surface area (Å²) in [5.74, 6) is 1.28. The van der Waals surface area contributed by atoms with Gasteiger partial charge in [-0.1, -0.05) is 40.5 Å². The molecular formula is C11H24O. The van der Waals surface area contributed by atoms with E-state index < -0.39 is 0 Å². The summed E-state index contributed by atoms with van der Waals surface area (Å²) >= 11 is 0. The highest BCUT2D eigenvalue weighted by Gasteiger charge is 2.11. The van der Waals surface area contributed by atoms with Crippen molar-refractivity contribution in [2.24, 2.45) is 11.8 Å². The molecule has 0 aromatic rings. The lowest BCUT2D eigenvalue weighted by molar-refractivity contribution is 0.106. The molecule has 0 aliphatic heterocycles. The van der Waals surface area contributed by atoms with Gasteiger partial charge in [-0.2, -0.15) is 0 Å². The predicted molar refractivity (Wildman–Crippen MR) is 54.2 cm³/mol. The summed E-state index contributed by atoms with van der Waals surface area (Å²) in [5, 5.41) is 9.49. The van der Waals surface area contributed by atoms with Crippen LogP contribution in [0.2, 0.25) is 0 Å². The zero-order valence-corrected chi connectivity index (χ0v) is 9.01. The van der Waals surface area contributed by atoms with Gasteiger partial charge in [-0.05, 0) is 24.7 Å². The molecular weight excluding hydrogens is 148 g/mol. The van der Waals surface area contributed by atoms with E-state index in [1.807, 2.05) is 6.92 Å². The molecule has 0 radical (unpaired) electrons. The average molecular weight is 172 g/mol. The van der Waals surface area contributed by atoms with Crippen LogP contribution in [0.15, 0.2) is 0 Å². The van der Waals surface area contributed by atoms with Crippen LogP contribution < -0.4 is 0 Å². The lowest BCUT2D eigenvalue weighted by atomic mass is 9.94. The van der Waals surface area contributed by atoms with Gasteiger partial charge in [-0.15, -0.1) is 0 Å². The largest absolute Gasteiger partial charge is 0.393 e. The molecule has 0 fully saturated rings. The standard InChI is InChI=1S/C11H24O/c1-5-11(12)10(4)8-6-7-9(2)3/h9-12H,5-8H2,1-4H3. The summed E-state index contributed by atoms with van der Waals surface area (Å²) in [4.78, 5) is 0. The second-order valence-electron chi connectivity index (χ2n) is 4.28. The summed E-state index contributed by atoms with van der Waals surface area (Å²) in [7, 11) is 0. The maximum atomic E-state index is 9.49. The normalized spacial score (nSPS) is 16.5. The molecule has 0 aliphatic carbocycles. The van der Waals surface area contributed by atoms with Crippen molar-refractivity contribution >= 4 is 0 Å². The molecule has 2 atom stereocenters. The monoisotopic (exact) mass is 172 g/mol. The van der Waals surface area contributed by atoms with E-state index in [0.29, 0.717) is 5.92 Å². The predicted octanol–water partition coefficient (Wildman–Crippen LogP) is 3.22. The SMILES string of the molecule is CCC(O)C(C)CCCC(C)C. The summed E-state index contributed by atoms with van der Waals surface area (Å²) in [6, 6.07) is 0. The van der Waals surface area contributed by atoms with Crippen LogP contribution in [-0.4, -0.2) is 11.2 Å². The van der Waals surface area contributed by atoms with Gasteiger partial charge in [0.15, 0.2) is 0 Å². The van der Waals surface area contributed by atoms with Gasteiger partial charge in [-0.3, -0.25) is 0 Å². The van der Waals surface area contributed by atoms with Crippen LogP contribution in [0.1, 0.15) is 53.4 Å². The van der Waals surface area contributed by atoms with Crippen LogP contribution >= 0.6 is 0 Å². The Morgan fingerprint density at radius 1 is 1.08 bits per heavy atom. The molecule has 0 bridgehead atoms. The van der Waals surface area contributed by atoms with Gasteiger partial charge < -0.3 is 5.11 Å². The molecule has 0 aliphatic rings. The topological polar surface area (TPSA) is 20.2 Å². The first-order valence-corrected chi connectivity index (χ1v) is 5.26. The van der Waals surface area contributed by atoms with Gasteiger partial charge in [0, 0.05) is 0 Å². The third-order valence-corrected chi connectivity index (χ3v) is 2.52. The van der Waals surface area contributed by atoms with E-state index in [4.69, 9.17) is 0 Å². The minimum atomic E-state index is -0.0860. The molecule has 0 heterocycles. The fraction of sp³-hybridized carbons (Fsp3) is 1.00. The Kier molecular flexibility index (Phi) is 6.45. The van der Waals surface area contributed by atoms with E-state index in [1.54, 1.807) is 0 Å². The fourth-order valence-corrected chi connectivity index (χ4v) is 1.44. The molecule has 0 saturated heterocycles. The van der Waals surface area contributed by atoms with E-state index in [0.717, 1.165) is 12.3 Å². The molecule has 0 spiro atoms. The van der Waals surface area contributed by atoms with Crippen molar-refractivity contribution in [2.45, 2.75) is 59.5 Å². The van der Waals surface area contributed by atoms with Crippen molar-refractivity contribution < 1.29 is 5.11 Å². The smallest absolute Gasteiger partial charge is 0.0563 e. The molecule has 0 aromatic carbocycles. The van der Waals surface area contributed by atoms with Gasteiger partial charge in [-0.25, -0.2) is 0 Å². The number of rotatable bonds is 6. The highest BCUT2D eigenvalue weighted by molar-refractivity contribution is 4.62. The van der Waals surface area contributed by atoms with E-state index >= 15 is 0 Å². The van der Waals surface area contributed by atoms with Gasteiger partial charge in [0.2, 0.25) is 0 Å². The molecule has 1 N–H and O–H groups in total. The number of hydrogen-bond acceptors (Lipinski definition) is 1. The van der Waals surface area contributed by atoms with Gasteiger partial charge >= 0.3 is 0 Å². The number of aliphatic hydroxyl groups is 1. The Morgan fingerprint density at radius 2 is 1.67 bits per heavy atom. The highest BCUT2D eigenvalue weighted by atomic mass is 16.3. The molecule has 0 aromatic heterocycles. The Labute approximate surface area is 77.2 Å². The van der Waals surface area contributed by atoms with Crippen molar-refractivity contribution in [3.05, 3.63) is 0 Å². The zero-order chi connectivity index (χ0) is 9.56.